The van der Waals surface area contributed by atoms with Crippen molar-refractivity contribution >= 4 is 5.91 Å². The predicted octanol–water partition coefficient (Wildman–Crippen LogP) is 1.04. The molecule has 2 aliphatic heterocycles. The molecule has 2 unspecified atom stereocenters. The summed E-state index contributed by atoms with van der Waals surface area (Å²) < 4.78 is 0. The van der Waals surface area contributed by atoms with E-state index in [1.807, 2.05) is 17.9 Å². The topological polar surface area (TPSA) is 46.3 Å². The smallest absolute Gasteiger partial charge is 0.246 e. The number of carbonyl (C=O) groups is 1. The first-order valence-electron chi connectivity index (χ1n) is 5.43. The molecule has 2 N–H and O–H groups in total. The Bertz CT molecular complexity index is 248. The minimum absolute atomic E-state index is 0.173. The highest BCUT2D eigenvalue weighted by molar-refractivity contribution is 5.88. The van der Waals surface area contributed by atoms with E-state index in [1.165, 1.54) is 0 Å². The Balaban J connectivity index is 2.11. The maximum Gasteiger partial charge on any atom is 0.246 e. The zero-order valence-electron chi connectivity index (χ0n) is 8.65. The zero-order chi connectivity index (χ0) is 10.1. The van der Waals surface area contributed by atoms with Crippen LogP contribution in [0.25, 0.3) is 0 Å². The summed E-state index contributed by atoms with van der Waals surface area (Å²) in [5.41, 5.74) is 5.94. The van der Waals surface area contributed by atoms with Crippen molar-refractivity contribution in [2.24, 2.45) is 5.73 Å². The van der Waals surface area contributed by atoms with Gasteiger partial charge in [0.2, 0.25) is 5.91 Å². The molecule has 14 heavy (non-hydrogen) atoms. The molecule has 2 heterocycles. The van der Waals surface area contributed by atoms with Gasteiger partial charge in [0.25, 0.3) is 0 Å². The fourth-order valence-corrected chi connectivity index (χ4v) is 2.81. The number of fused-ring (bicyclic) bond motifs is 2. The lowest BCUT2D eigenvalue weighted by Crippen LogP contribution is -2.49. The molecule has 2 saturated heterocycles. The van der Waals surface area contributed by atoms with Gasteiger partial charge < -0.3 is 10.6 Å². The molecular weight excluding hydrogens is 176 g/mol. The summed E-state index contributed by atoms with van der Waals surface area (Å²) in [6.45, 7) is 1.88. The average molecular weight is 194 g/mol. The van der Waals surface area contributed by atoms with E-state index in [4.69, 9.17) is 5.73 Å². The molecule has 3 nitrogen and oxygen atoms in total. The van der Waals surface area contributed by atoms with Crippen molar-refractivity contribution in [2.75, 3.05) is 0 Å². The third-order valence-electron chi connectivity index (χ3n) is 3.33. The minimum atomic E-state index is 0.173. The predicted molar refractivity (Wildman–Crippen MR) is 55.7 cm³/mol. The van der Waals surface area contributed by atoms with Crippen LogP contribution in [0.3, 0.4) is 0 Å². The Labute approximate surface area is 84.9 Å². The quantitative estimate of drug-likeness (QED) is 0.634. The van der Waals surface area contributed by atoms with Crippen molar-refractivity contribution < 1.29 is 4.79 Å². The third kappa shape index (κ3) is 1.57. The van der Waals surface area contributed by atoms with Gasteiger partial charge in [-0.05, 0) is 38.7 Å². The van der Waals surface area contributed by atoms with Gasteiger partial charge in [-0.2, -0.15) is 0 Å². The van der Waals surface area contributed by atoms with E-state index in [2.05, 4.69) is 0 Å². The molecule has 0 aromatic heterocycles. The van der Waals surface area contributed by atoms with Crippen LogP contribution in [0.5, 0.6) is 0 Å². The van der Waals surface area contributed by atoms with E-state index in [0.717, 1.165) is 25.7 Å². The lowest BCUT2D eigenvalue weighted by Gasteiger charge is -2.37. The second-order valence-electron chi connectivity index (χ2n) is 4.36. The Kier molecular flexibility index (Phi) is 2.59. The first-order chi connectivity index (χ1) is 6.72. The summed E-state index contributed by atoms with van der Waals surface area (Å²) in [6.07, 6.45) is 7.74. The van der Waals surface area contributed by atoms with Crippen molar-refractivity contribution in [1.29, 1.82) is 0 Å². The van der Waals surface area contributed by atoms with Crippen LogP contribution >= 0.6 is 0 Å². The van der Waals surface area contributed by atoms with Crippen LogP contribution < -0.4 is 5.73 Å². The number of hydrogen-bond acceptors (Lipinski definition) is 2. The second-order valence-corrected chi connectivity index (χ2v) is 4.36. The van der Waals surface area contributed by atoms with Gasteiger partial charge in [0.1, 0.15) is 0 Å². The highest BCUT2D eigenvalue weighted by Gasteiger charge is 2.41. The fraction of sp³-hybridized carbons (Fsp3) is 0.727. The SMILES string of the molecule is CC=CC(=O)N1C2CCC1CC(N)C2. The summed E-state index contributed by atoms with van der Waals surface area (Å²) in [5.74, 6) is 0.173. The maximum absolute atomic E-state index is 11.8. The highest BCUT2D eigenvalue weighted by atomic mass is 16.2. The summed E-state index contributed by atoms with van der Waals surface area (Å²) in [4.78, 5) is 13.8. The molecule has 2 rings (SSSR count). The minimum Gasteiger partial charge on any atom is -0.333 e. The normalized spacial score (nSPS) is 36.7. The lowest BCUT2D eigenvalue weighted by molar-refractivity contribution is -0.130. The molecule has 0 aromatic rings. The summed E-state index contributed by atoms with van der Waals surface area (Å²) in [7, 11) is 0. The number of nitrogens with two attached hydrogens (primary N) is 1. The van der Waals surface area contributed by atoms with Crippen molar-refractivity contribution in [2.45, 2.75) is 50.7 Å². The first kappa shape index (κ1) is 9.71. The lowest BCUT2D eigenvalue weighted by atomic mass is 9.98. The third-order valence-corrected chi connectivity index (χ3v) is 3.33. The van der Waals surface area contributed by atoms with Crippen LogP contribution in [0.1, 0.15) is 32.6 Å². The van der Waals surface area contributed by atoms with Crippen molar-refractivity contribution in [3.05, 3.63) is 12.2 Å². The van der Waals surface area contributed by atoms with Crippen LogP contribution in [0.15, 0.2) is 12.2 Å². The Morgan fingerprint density at radius 1 is 1.36 bits per heavy atom. The molecule has 0 aliphatic carbocycles. The van der Waals surface area contributed by atoms with Crippen molar-refractivity contribution in [3.8, 4) is 0 Å². The molecular formula is C11H18N2O. The average Bonchev–Trinajstić information content (AvgIpc) is 2.39. The monoisotopic (exact) mass is 194 g/mol. The summed E-state index contributed by atoms with van der Waals surface area (Å²) in [6, 6.07) is 1.13. The second kappa shape index (κ2) is 3.73. The number of amides is 1. The molecule has 2 fully saturated rings. The summed E-state index contributed by atoms with van der Waals surface area (Å²) >= 11 is 0. The molecule has 78 valence electrons. The number of hydrogen-bond donors (Lipinski definition) is 1. The van der Waals surface area contributed by atoms with Gasteiger partial charge in [-0.1, -0.05) is 6.08 Å². The van der Waals surface area contributed by atoms with Crippen LogP contribution in [0.2, 0.25) is 0 Å². The molecule has 0 saturated carbocycles. The van der Waals surface area contributed by atoms with Crippen LogP contribution in [-0.4, -0.2) is 28.9 Å². The van der Waals surface area contributed by atoms with Gasteiger partial charge >= 0.3 is 0 Å². The zero-order valence-corrected chi connectivity index (χ0v) is 8.65. The van der Waals surface area contributed by atoms with Gasteiger partial charge in [-0.15, -0.1) is 0 Å². The largest absolute Gasteiger partial charge is 0.333 e. The van der Waals surface area contributed by atoms with E-state index in [1.54, 1.807) is 6.08 Å². The van der Waals surface area contributed by atoms with Crippen LogP contribution in [0.4, 0.5) is 0 Å². The fourth-order valence-electron chi connectivity index (χ4n) is 2.81. The van der Waals surface area contributed by atoms with E-state index >= 15 is 0 Å². The van der Waals surface area contributed by atoms with Crippen molar-refractivity contribution in [3.63, 3.8) is 0 Å². The standard InChI is InChI=1S/C11H18N2O/c1-2-3-11(14)13-9-4-5-10(13)7-8(12)6-9/h2-3,8-10H,4-7,12H2,1H3. The number of rotatable bonds is 1. The summed E-state index contributed by atoms with van der Waals surface area (Å²) in [5, 5.41) is 0. The Hall–Kier alpha value is -0.830. The van der Waals surface area contributed by atoms with Crippen molar-refractivity contribution in [1.82, 2.24) is 4.90 Å². The Morgan fingerprint density at radius 3 is 2.43 bits per heavy atom. The van der Waals surface area contributed by atoms with E-state index in [9.17, 15) is 4.79 Å². The maximum atomic E-state index is 11.8. The molecule has 2 aliphatic rings. The molecule has 2 atom stereocenters. The van der Waals surface area contributed by atoms with E-state index in [-0.39, 0.29) is 5.91 Å². The highest BCUT2D eigenvalue weighted by Crippen LogP contribution is 2.35. The molecule has 3 heteroatoms. The number of allylic oxidation sites excluding steroid dienone is 1. The number of piperidine rings is 1. The van der Waals surface area contributed by atoms with E-state index < -0.39 is 0 Å². The molecule has 0 aromatic carbocycles. The van der Waals surface area contributed by atoms with Gasteiger partial charge in [-0.3, -0.25) is 4.79 Å². The molecule has 2 bridgehead atoms. The molecule has 0 radical (unpaired) electrons. The van der Waals surface area contributed by atoms with Gasteiger partial charge in [0.05, 0.1) is 0 Å². The first-order valence-corrected chi connectivity index (χ1v) is 5.43. The number of carbonyl (C=O) groups excluding carboxylic acids is 1. The van der Waals surface area contributed by atoms with Gasteiger partial charge in [0.15, 0.2) is 0 Å². The van der Waals surface area contributed by atoms with Crippen LogP contribution in [0, 0.1) is 0 Å². The molecule has 1 amide bonds. The van der Waals surface area contributed by atoms with Gasteiger partial charge in [0, 0.05) is 18.1 Å². The van der Waals surface area contributed by atoms with Gasteiger partial charge in [-0.25, -0.2) is 0 Å². The Morgan fingerprint density at radius 2 is 1.93 bits per heavy atom. The number of nitrogens with zero attached hydrogens (tertiary/aromatic N) is 1. The van der Waals surface area contributed by atoms with E-state index in [0.29, 0.717) is 18.1 Å². The molecule has 0 spiro atoms. The van der Waals surface area contributed by atoms with Crippen LogP contribution in [-0.2, 0) is 4.79 Å².